The number of hydrogen-bond acceptors (Lipinski definition) is 8. The van der Waals surface area contributed by atoms with Gasteiger partial charge in [0.2, 0.25) is 0 Å². The van der Waals surface area contributed by atoms with Gasteiger partial charge in [-0.3, -0.25) is 14.5 Å². The Labute approximate surface area is 191 Å². The molecule has 0 bridgehead atoms. The first-order valence-electron chi connectivity index (χ1n) is 11.3. The maximum atomic E-state index is 12.9. The summed E-state index contributed by atoms with van der Waals surface area (Å²) < 4.78 is 3.49. The Hall–Kier alpha value is -3.53. The van der Waals surface area contributed by atoms with E-state index in [-0.39, 0.29) is 18.2 Å². The van der Waals surface area contributed by atoms with Crippen LogP contribution in [0.1, 0.15) is 48.9 Å². The van der Waals surface area contributed by atoms with Crippen molar-refractivity contribution in [2.24, 2.45) is 7.05 Å². The molecule has 0 saturated carbocycles. The van der Waals surface area contributed by atoms with Gasteiger partial charge in [-0.15, -0.1) is 10.2 Å². The van der Waals surface area contributed by atoms with E-state index in [0.29, 0.717) is 23.1 Å². The van der Waals surface area contributed by atoms with Crippen molar-refractivity contribution in [2.75, 3.05) is 13.1 Å². The highest BCUT2D eigenvalue weighted by atomic mass is 16.1. The van der Waals surface area contributed by atoms with E-state index in [1.807, 2.05) is 36.1 Å². The second-order valence-corrected chi connectivity index (χ2v) is 8.89. The molecule has 1 saturated heterocycles. The van der Waals surface area contributed by atoms with Crippen LogP contribution in [-0.4, -0.2) is 69.8 Å². The van der Waals surface area contributed by atoms with Crippen LogP contribution < -0.4 is 0 Å². The molecular weight excluding hydrogens is 418 g/mol. The maximum absolute atomic E-state index is 12.9. The summed E-state index contributed by atoms with van der Waals surface area (Å²) >= 11 is 0. The zero-order chi connectivity index (χ0) is 22.9. The summed E-state index contributed by atoms with van der Waals surface area (Å²) in [6.07, 6.45) is 7.52. The van der Waals surface area contributed by atoms with Gasteiger partial charge in [-0.05, 0) is 44.9 Å². The minimum atomic E-state index is -0.0993. The molecular formula is C23H27N9O. The minimum absolute atomic E-state index is 0.0993. The molecule has 0 radical (unpaired) electrons. The summed E-state index contributed by atoms with van der Waals surface area (Å²) in [6.45, 7) is 6.52. The van der Waals surface area contributed by atoms with Crippen LogP contribution in [-0.2, 0) is 13.5 Å². The molecule has 0 aliphatic carbocycles. The van der Waals surface area contributed by atoms with Gasteiger partial charge in [0.05, 0.1) is 41.8 Å². The van der Waals surface area contributed by atoms with Gasteiger partial charge in [0.1, 0.15) is 11.4 Å². The highest BCUT2D eigenvalue weighted by Gasteiger charge is 2.24. The average Bonchev–Trinajstić information content (AvgIpc) is 3.48. The van der Waals surface area contributed by atoms with Gasteiger partial charge in [-0.2, -0.15) is 0 Å². The quantitative estimate of drug-likeness (QED) is 0.417. The Morgan fingerprint density at radius 2 is 1.91 bits per heavy atom. The number of fused-ring (bicyclic) bond motifs is 1. The normalized spacial score (nSPS) is 15.5. The van der Waals surface area contributed by atoms with E-state index in [1.165, 1.54) is 0 Å². The summed E-state index contributed by atoms with van der Waals surface area (Å²) in [5, 5.41) is 17.4. The van der Waals surface area contributed by atoms with Gasteiger partial charge in [0, 0.05) is 37.8 Å². The maximum Gasteiger partial charge on any atom is 0.190 e. The Morgan fingerprint density at radius 1 is 1.09 bits per heavy atom. The molecule has 0 amide bonds. The smallest absolute Gasteiger partial charge is 0.190 e. The van der Waals surface area contributed by atoms with Gasteiger partial charge in [0.25, 0.3) is 0 Å². The molecule has 0 spiro atoms. The molecule has 10 heteroatoms. The number of nitrogens with zero attached hydrogens (tertiary/aromatic N) is 9. The number of Topliss-reactive ketones (excluding diaryl/α,β-unsaturated/α-hetero) is 1. The van der Waals surface area contributed by atoms with Crippen LogP contribution in [0.25, 0.3) is 22.3 Å². The number of ketones is 1. The van der Waals surface area contributed by atoms with E-state index in [2.05, 4.69) is 49.3 Å². The van der Waals surface area contributed by atoms with Gasteiger partial charge >= 0.3 is 0 Å². The van der Waals surface area contributed by atoms with Gasteiger partial charge < -0.3 is 4.90 Å². The zero-order valence-corrected chi connectivity index (χ0v) is 19.1. The van der Waals surface area contributed by atoms with Crippen molar-refractivity contribution in [3.8, 4) is 11.4 Å². The number of pyridine rings is 2. The average molecular weight is 446 g/mol. The fourth-order valence-corrected chi connectivity index (χ4v) is 4.27. The molecule has 0 unspecified atom stereocenters. The highest BCUT2D eigenvalue weighted by molar-refractivity contribution is 5.95. The first-order chi connectivity index (χ1) is 16.0. The van der Waals surface area contributed by atoms with Gasteiger partial charge in [0.15, 0.2) is 5.78 Å². The molecule has 10 nitrogen and oxygen atoms in total. The number of carbonyl (C=O) groups is 1. The van der Waals surface area contributed by atoms with E-state index in [0.717, 1.165) is 42.5 Å². The highest BCUT2D eigenvalue weighted by Crippen LogP contribution is 2.23. The number of hydrogen-bond donors (Lipinski definition) is 0. The molecule has 0 aromatic carbocycles. The molecule has 1 aliphatic heterocycles. The standard InChI is InChI=1S/C23H27N9O/c1-15(2)31-8-6-18(7-9-31)32-14-22(27-29-32)23(33)11-17-10-20-16(12-24-17)4-5-19(25-20)21-13-30(3)28-26-21/h4-5,10,12-15,18H,6-9,11H2,1-3H3. The summed E-state index contributed by atoms with van der Waals surface area (Å²) in [7, 11) is 1.82. The number of carbonyl (C=O) groups excluding carboxylic acids is 1. The lowest BCUT2D eigenvalue weighted by atomic mass is 10.0. The fraction of sp³-hybridized carbons (Fsp3) is 0.435. The topological polar surface area (TPSA) is 108 Å². The molecule has 170 valence electrons. The monoisotopic (exact) mass is 445 g/mol. The van der Waals surface area contributed by atoms with Crippen LogP contribution in [0.2, 0.25) is 0 Å². The lowest BCUT2D eigenvalue weighted by Crippen LogP contribution is -2.39. The molecule has 5 heterocycles. The Bertz CT molecular complexity index is 1280. The molecule has 5 rings (SSSR count). The number of piperidine rings is 1. The van der Waals surface area contributed by atoms with Gasteiger partial charge in [-0.25, -0.2) is 9.67 Å². The van der Waals surface area contributed by atoms with E-state index >= 15 is 0 Å². The van der Waals surface area contributed by atoms with Crippen LogP contribution >= 0.6 is 0 Å². The van der Waals surface area contributed by atoms with Crippen LogP contribution in [0.4, 0.5) is 0 Å². The van der Waals surface area contributed by atoms with E-state index in [9.17, 15) is 4.79 Å². The van der Waals surface area contributed by atoms with Gasteiger partial charge in [-0.1, -0.05) is 10.4 Å². The largest absolute Gasteiger partial charge is 0.301 e. The molecule has 1 fully saturated rings. The summed E-state index contributed by atoms with van der Waals surface area (Å²) in [6, 6.07) is 6.53. The molecule has 0 atom stereocenters. The lowest BCUT2D eigenvalue weighted by molar-refractivity contribution is 0.0987. The molecule has 4 aromatic rings. The molecule has 4 aromatic heterocycles. The second-order valence-electron chi connectivity index (χ2n) is 8.89. The molecule has 0 N–H and O–H groups in total. The SMILES string of the molecule is CC(C)N1CCC(n2cc(C(=O)Cc3cc4nc(-c5cn(C)nn5)ccc4cn3)nn2)CC1. The van der Waals surface area contributed by atoms with Crippen molar-refractivity contribution in [1.82, 2.24) is 44.9 Å². The van der Waals surface area contributed by atoms with Crippen LogP contribution in [0.3, 0.4) is 0 Å². The predicted molar refractivity (Wildman–Crippen MR) is 123 cm³/mol. The fourth-order valence-electron chi connectivity index (χ4n) is 4.27. The molecule has 33 heavy (non-hydrogen) atoms. The lowest BCUT2D eigenvalue weighted by Gasteiger charge is -2.34. The van der Waals surface area contributed by atoms with Crippen LogP contribution in [0, 0.1) is 0 Å². The number of rotatable bonds is 6. The van der Waals surface area contributed by atoms with Crippen molar-refractivity contribution < 1.29 is 4.79 Å². The zero-order valence-electron chi connectivity index (χ0n) is 19.1. The van der Waals surface area contributed by atoms with Crippen molar-refractivity contribution in [1.29, 1.82) is 0 Å². The van der Waals surface area contributed by atoms with Crippen molar-refractivity contribution in [3.05, 3.63) is 48.2 Å². The number of aryl methyl sites for hydroxylation is 1. The Kier molecular flexibility index (Phi) is 5.67. The first-order valence-corrected chi connectivity index (χ1v) is 11.3. The third-order valence-corrected chi connectivity index (χ3v) is 6.24. The summed E-state index contributed by atoms with van der Waals surface area (Å²) in [5.74, 6) is -0.0993. The Balaban J connectivity index is 1.29. The van der Waals surface area contributed by atoms with E-state index < -0.39 is 0 Å². The third kappa shape index (κ3) is 4.51. The van der Waals surface area contributed by atoms with E-state index in [4.69, 9.17) is 0 Å². The number of likely N-dealkylation sites (tertiary alicyclic amines) is 1. The Morgan fingerprint density at radius 3 is 2.64 bits per heavy atom. The third-order valence-electron chi connectivity index (χ3n) is 6.24. The van der Waals surface area contributed by atoms with Crippen LogP contribution in [0.5, 0.6) is 0 Å². The summed E-state index contributed by atoms with van der Waals surface area (Å²) in [4.78, 5) is 24.5. The second kappa shape index (κ2) is 8.78. The minimum Gasteiger partial charge on any atom is -0.301 e. The van der Waals surface area contributed by atoms with E-state index in [1.54, 1.807) is 17.1 Å². The number of aromatic nitrogens is 8. The van der Waals surface area contributed by atoms with Crippen molar-refractivity contribution >= 4 is 16.7 Å². The van der Waals surface area contributed by atoms with Crippen molar-refractivity contribution in [2.45, 2.75) is 45.2 Å². The van der Waals surface area contributed by atoms with Crippen LogP contribution in [0.15, 0.2) is 36.8 Å². The predicted octanol–water partition coefficient (Wildman–Crippen LogP) is 2.49. The molecule has 1 aliphatic rings. The summed E-state index contributed by atoms with van der Waals surface area (Å²) in [5.41, 5.74) is 3.22. The van der Waals surface area contributed by atoms with Crippen molar-refractivity contribution in [3.63, 3.8) is 0 Å². The first kappa shape index (κ1) is 21.3.